The van der Waals surface area contributed by atoms with E-state index in [9.17, 15) is 4.79 Å². The van der Waals surface area contributed by atoms with Crippen LogP contribution in [0.1, 0.15) is 12.0 Å². The van der Waals surface area contributed by atoms with Gasteiger partial charge in [-0.25, -0.2) is 4.79 Å². The first kappa shape index (κ1) is 16.4. The summed E-state index contributed by atoms with van der Waals surface area (Å²) in [4.78, 5) is 11.5. The molecule has 0 bridgehead atoms. The van der Waals surface area contributed by atoms with Crippen molar-refractivity contribution in [3.05, 3.63) is 27.7 Å². The Balaban J connectivity index is 2.11. The van der Waals surface area contributed by atoms with E-state index in [0.29, 0.717) is 48.5 Å². The Bertz CT molecular complexity index is 510. The largest absolute Gasteiger partial charge is 0.477 e. The number of cyclic esters (lactones) is 1. The third-order valence-electron chi connectivity index (χ3n) is 3.03. The van der Waals surface area contributed by atoms with Crippen LogP contribution in [-0.2, 0) is 20.8 Å². The second-order valence-corrected chi connectivity index (χ2v) is 5.45. The van der Waals surface area contributed by atoms with Gasteiger partial charge in [0.25, 0.3) is 0 Å². The molecule has 1 unspecified atom stereocenters. The van der Waals surface area contributed by atoms with Crippen molar-refractivity contribution >= 4 is 29.2 Å². The Hall–Kier alpha value is -1.01. The van der Waals surface area contributed by atoms with E-state index in [1.54, 1.807) is 19.2 Å². The van der Waals surface area contributed by atoms with Crippen molar-refractivity contribution in [1.82, 2.24) is 5.32 Å². The van der Waals surface area contributed by atoms with Gasteiger partial charge in [0.1, 0.15) is 5.75 Å². The van der Waals surface area contributed by atoms with Crippen LogP contribution >= 0.6 is 23.2 Å². The molecular weight excluding hydrogens is 317 g/mol. The van der Waals surface area contributed by atoms with Crippen LogP contribution in [0.4, 0.5) is 0 Å². The van der Waals surface area contributed by atoms with Gasteiger partial charge in [0, 0.05) is 37.2 Å². The van der Waals surface area contributed by atoms with Crippen LogP contribution in [0.3, 0.4) is 0 Å². The third-order valence-corrected chi connectivity index (χ3v) is 3.53. The topological polar surface area (TPSA) is 56.8 Å². The molecule has 0 spiro atoms. The zero-order valence-electron chi connectivity index (χ0n) is 11.7. The number of halogens is 2. The molecular formula is C14H17Cl2NO4. The van der Waals surface area contributed by atoms with E-state index in [-0.39, 0.29) is 5.97 Å². The van der Waals surface area contributed by atoms with Gasteiger partial charge in [0.15, 0.2) is 6.10 Å². The van der Waals surface area contributed by atoms with E-state index in [4.69, 9.17) is 37.4 Å². The molecule has 0 saturated carbocycles. The highest BCUT2D eigenvalue weighted by Crippen LogP contribution is 2.34. The molecule has 1 saturated heterocycles. The average Bonchev–Trinajstić information content (AvgIpc) is 2.84. The lowest BCUT2D eigenvalue weighted by Crippen LogP contribution is -2.24. The number of ether oxygens (including phenoxy) is 3. The predicted molar refractivity (Wildman–Crippen MR) is 80.0 cm³/mol. The lowest BCUT2D eigenvalue weighted by molar-refractivity contribution is -0.143. The number of rotatable bonds is 7. The van der Waals surface area contributed by atoms with Gasteiger partial charge in [-0.2, -0.15) is 0 Å². The highest BCUT2D eigenvalue weighted by molar-refractivity contribution is 6.35. The summed E-state index contributed by atoms with van der Waals surface area (Å²) >= 11 is 12.2. The first-order valence-corrected chi connectivity index (χ1v) is 7.38. The van der Waals surface area contributed by atoms with Gasteiger partial charge in [0.2, 0.25) is 0 Å². The van der Waals surface area contributed by atoms with Crippen molar-refractivity contribution < 1.29 is 19.0 Å². The van der Waals surface area contributed by atoms with Crippen LogP contribution in [0.2, 0.25) is 10.0 Å². The number of hydrogen-bond acceptors (Lipinski definition) is 5. The highest BCUT2D eigenvalue weighted by Gasteiger charge is 2.29. The molecule has 1 fully saturated rings. The fraction of sp³-hybridized carbons (Fsp3) is 0.500. The summed E-state index contributed by atoms with van der Waals surface area (Å²) < 4.78 is 15.6. The van der Waals surface area contributed by atoms with Gasteiger partial charge >= 0.3 is 5.97 Å². The third kappa shape index (κ3) is 4.48. The van der Waals surface area contributed by atoms with E-state index in [0.717, 1.165) is 5.56 Å². The number of methoxy groups -OCH3 is 1. The minimum atomic E-state index is -0.610. The summed E-state index contributed by atoms with van der Waals surface area (Å²) in [5, 5.41) is 4.09. The lowest BCUT2D eigenvalue weighted by atomic mass is 10.2. The van der Waals surface area contributed by atoms with Gasteiger partial charge in [-0.3, -0.25) is 0 Å². The van der Waals surface area contributed by atoms with Gasteiger partial charge in [-0.1, -0.05) is 23.2 Å². The van der Waals surface area contributed by atoms with Crippen molar-refractivity contribution in [2.75, 3.05) is 26.9 Å². The summed E-state index contributed by atoms with van der Waals surface area (Å²) in [7, 11) is 1.64. The SMILES string of the molecule is COCCNCc1cc(Cl)cc(Cl)c1OC1CCOC1=O. The number of carbonyl (C=O) groups is 1. The number of hydrogen-bond donors (Lipinski definition) is 1. The minimum Gasteiger partial charge on any atom is -0.477 e. The Morgan fingerprint density at radius 3 is 2.90 bits per heavy atom. The first-order chi connectivity index (χ1) is 10.1. The average molecular weight is 334 g/mol. The van der Waals surface area contributed by atoms with Crippen LogP contribution in [-0.4, -0.2) is 38.9 Å². The summed E-state index contributed by atoms with van der Waals surface area (Å²) in [6.07, 6.45) is -0.0877. The lowest BCUT2D eigenvalue weighted by Gasteiger charge is -2.16. The van der Waals surface area contributed by atoms with Crippen LogP contribution in [0.5, 0.6) is 5.75 Å². The Kier molecular flexibility index (Phi) is 6.11. The summed E-state index contributed by atoms with van der Waals surface area (Å²) in [6.45, 7) is 2.17. The number of benzene rings is 1. The molecule has 1 aliphatic heterocycles. The predicted octanol–water partition coefficient (Wildman–Crippen LogP) is 2.42. The van der Waals surface area contributed by atoms with E-state index >= 15 is 0 Å². The molecule has 1 aliphatic rings. The van der Waals surface area contributed by atoms with Gasteiger partial charge in [-0.15, -0.1) is 0 Å². The molecule has 1 atom stereocenters. The van der Waals surface area contributed by atoms with Crippen LogP contribution in [0, 0.1) is 0 Å². The molecule has 1 N–H and O–H groups in total. The van der Waals surface area contributed by atoms with Gasteiger partial charge in [0.05, 0.1) is 18.2 Å². The second kappa shape index (κ2) is 7.84. The Morgan fingerprint density at radius 1 is 1.43 bits per heavy atom. The normalized spacial score (nSPS) is 17.9. The highest BCUT2D eigenvalue weighted by atomic mass is 35.5. The quantitative estimate of drug-likeness (QED) is 0.613. The molecule has 1 aromatic rings. The summed E-state index contributed by atoms with van der Waals surface area (Å²) in [5.41, 5.74) is 0.795. The monoisotopic (exact) mass is 333 g/mol. The van der Waals surface area contributed by atoms with E-state index < -0.39 is 6.10 Å². The molecule has 0 radical (unpaired) electrons. The van der Waals surface area contributed by atoms with Gasteiger partial charge in [-0.05, 0) is 12.1 Å². The summed E-state index contributed by atoms with van der Waals surface area (Å²) in [6, 6.07) is 3.36. The maximum Gasteiger partial charge on any atom is 0.347 e. The van der Waals surface area contributed by atoms with E-state index in [1.165, 1.54) is 0 Å². The number of carbonyl (C=O) groups excluding carboxylic acids is 1. The zero-order valence-corrected chi connectivity index (χ0v) is 13.2. The molecule has 0 aliphatic carbocycles. The smallest absolute Gasteiger partial charge is 0.347 e. The molecule has 1 aromatic carbocycles. The zero-order chi connectivity index (χ0) is 15.2. The van der Waals surface area contributed by atoms with Crippen molar-refractivity contribution in [2.24, 2.45) is 0 Å². The van der Waals surface area contributed by atoms with Crippen LogP contribution in [0.15, 0.2) is 12.1 Å². The summed E-state index contributed by atoms with van der Waals surface area (Å²) in [5.74, 6) is 0.106. The van der Waals surface area contributed by atoms with Crippen molar-refractivity contribution in [1.29, 1.82) is 0 Å². The molecule has 21 heavy (non-hydrogen) atoms. The van der Waals surface area contributed by atoms with Gasteiger partial charge < -0.3 is 19.5 Å². The first-order valence-electron chi connectivity index (χ1n) is 6.62. The maximum absolute atomic E-state index is 11.5. The molecule has 7 heteroatoms. The molecule has 5 nitrogen and oxygen atoms in total. The Labute approximate surface area is 133 Å². The number of nitrogens with one attached hydrogen (secondary N) is 1. The molecule has 0 amide bonds. The number of esters is 1. The molecule has 2 rings (SSSR count). The van der Waals surface area contributed by atoms with Crippen molar-refractivity contribution in [3.8, 4) is 5.75 Å². The maximum atomic E-state index is 11.5. The standard InChI is InChI=1S/C14H17Cl2NO4/c1-19-5-3-17-8-9-6-10(15)7-11(16)13(9)21-12-2-4-20-14(12)18/h6-7,12,17H,2-5,8H2,1H3. The molecule has 1 heterocycles. The van der Waals surface area contributed by atoms with Crippen molar-refractivity contribution in [2.45, 2.75) is 19.1 Å². The molecule has 0 aromatic heterocycles. The fourth-order valence-corrected chi connectivity index (χ4v) is 2.58. The minimum absolute atomic E-state index is 0.362. The second-order valence-electron chi connectivity index (χ2n) is 4.61. The molecule has 116 valence electrons. The van der Waals surface area contributed by atoms with Crippen LogP contribution < -0.4 is 10.1 Å². The Morgan fingerprint density at radius 2 is 2.24 bits per heavy atom. The van der Waals surface area contributed by atoms with E-state index in [2.05, 4.69) is 5.32 Å². The van der Waals surface area contributed by atoms with E-state index in [1.807, 2.05) is 0 Å². The van der Waals surface area contributed by atoms with Crippen LogP contribution in [0.25, 0.3) is 0 Å². The fourth-order valence-electron chi connectivity index (χ4n) is 2.00. The van der Waals surface area contributed by atoms with Crippen molar-refractivity contribution in [3.63, 3.8) is 0 Å².